The molecule has 0 aliphatic heterocycles. The summed E-state index contributed by atoms with van der Waals surface area (Å²) < 4.78 is 4.69. The van der Waals surface area contributed by atoms with Crippen molar-refractivity contribution in [3.05, 3.63) is 63.9 Å². The minimum absolute atomic E-state index is 0.238. The summed E-state index contributed by atoms with van der Waals surface area (Å²) in [6.45, 7) is 1.97. The predicted molar refractivity (Wildman–Crippen MR) is 83.9 cm³/mol. The van der Waals surface area contributed by atoms with Crippen LogP contribution in [-0.2, 0) is 4.74 Å². The van der Waals surface area contributed by atoms with Gasteiger partial charge in [-0.3, -0.25) is 4.79 Å². The van der Waals surface area contributed by atoms with Crippen LogP contribution in [0, 0.1) is 6.92 Å². The first-order valence-corrected chi connectivity index (χ1v) is 6.78. The molecule has 0 aliphatic carbocycles. The van der Waals surface area contributed by atoms with Crippen molar-refractivity contribution in [2.45, 2.75) is 6.92 Å². The highest BCUT2D eigenvalue weighted by Gasteiger charge is 2.10. The van der Waals surface area contributed by atoms with Crippen molar-refractivity contribution in [3.8, 4) is 11.4 Å². The fourth-order valence-corrected chi connectivity index (χ4v) is 2.31. The van der Waals surface area contributed by atoms with Crippen molar-refractivity contribution in [1.29, 1.82) is 0 Å². The Hall–Kier alpha value is -2.95. The molecule has 0 saturated carbocycles. The third-order valence-corrected chi connectivity index (χ3v) is 3.42. The fourth-order valence-electron chi connectivity index (χ4n) is 2.31. The number of methoxy groups -OCH3 is 1. The van der Waals surface area contributed by atoms with E-state index in [2.05, 4.69) is 9.97 Å². The lowest BCUT2D eigenvalue weighted by Crippen LogP contribution is -2.10. The van der Waals surface area contributed by atoms with E-state index in [4.69, 9.17) is 4.74 Å². The number of H-pyrrole nitrogens is 1. The van der Waals surface area contributed by atoms with E-state index in [0.29, 0.717) is 22.3 Å². The minimum atomic E-state index is -0.457. The van der Waals surface area contributed by atoms with Crippen molar-refractivity contribution < 1.29 is 9.53 Å². The first kappa shape index (κ1) is 14.0. The Morgan fingerprint density at radius 2 is 2.00 bits per heavy atom. The van der Waals surface area contributed by atoms with Crippen LogP contribution >= 0.6 is 0 Å². The number of aromatic nitrogens is 2. The van der Waals surface area contributed by atoms with Crippen LogP contribution < -0.4 is 5.56 Å². The Morgan fingerprint density at radius 3 is 2.73 bits per heavy atom. The molecule has 3 rings (SSSR count). The molecule has 0 radical (unpaired) electrons. The van der Waals surface area contributed by atoms with E-state index >= 15 is 0 Å². The molecule has 1 heterocycles. The monoisotopic (exact) mass is 294 g/mol. The Labute approximate surface area is 126 Å². The predicted octanol–water partition coefficient (Wildman–Crippen LogP) is 2.69. The first-order chi connectivity index (χ1) is 10.6. The second-order valence-electron chi connectivity index (χ2n) is 5.01. The number of benzene rings is 2. The van der Waals surface area contributed by atoms with E-state index in [1.165, 1.54) is 7.11 Å². The third-order valence-electron chi connectivity index (χ3n) is 3.42. The van der Waals surface area contributed by atoms with Gasteiger partial charge in [-0.2, -0.15) is 0 Å². The second kappa shape index (κ2) is 5.44. The molecule has 0 amide bonds. The van der Waals surface area contributed by atoms with Crippen molar-refractivity contribution in [2.75, 3.05) is 7.11 Å². The van der Waals surface area contributed by atoms with Gasteiger partial charge in [0.05, 0.1) is 23.6 Å². The molecule has 2 aromatic carbocycles. The van der Waals surface area contributed by atoms with Crippen LogP contribution in [0.1, 0.15) is 15.9 Å². The molecule has 0 unspecified atom stereocenters. The zero-order valence-corrected chi connectivity index (χ0v) is 12.2. The highest BCUT2D eigenvalue weighted by molar-refractivity contribution is 5.94. The molecule has 3 aromatic rings. The molecule has 110 valence electrons. The van der Waals surface area contributed by atoms with Crippen LogP contribution in [0.4, 0.5) is 0 Å². The number of carbonyl (C=O) groups excluding carboxylic acids is 1. The van der Waals surface area contributed by atoms with Crippen LogP contribution in [0.2, 0.25) is 0 Å². The van der Waals surface area contributed by atoms with Crippen molar-refractivity contribution in [3.63, 3.8) is 0 Å². The van der Waals surface area contributed by atoms with Gasteiger partial charge < -0.3 is 9.72 Å². The number of nitrogens with zero attached hydrogens (tertiary/aromatic N) is 1. The molecule has 1 aromatic heterocycles. The van der Waals surface area contributed by atoms with Gasteiger partial charge in [-0.25, -0.2) is 9.78 Å². The van der Waals surface area contributed by atoms with Crippen LogP contribution in [-0.4, -0.2) is 23.0 Å². The average Bonchev–Trinajstić information content (AvgIpc) is 2.53. The maximum absolute atomic E-state index is 12.2. The summed E-state index contributed by atoms with van der Waals surface area (Å²) in [6.07, 6.45) is 0. The highest BCUT2D eigenvalue weighted by atomic mass is 16.5. The number of aromatic amines is 1. The summed E-state index contributed by atoms with van der Waals surface area (Å²) in [7, 11) is 1.32. The molecule has 5 heteroatoms. The molecule has 1 N–H and O–H groups in total. The number of hydrogen-bond donors (Lipinski definition) is 1. The molecular weight excluding hydrogens is 280 g/mol. The normalized spacial score (nSPS) is 10.6. The lowest BCUT2D eigenvalue weighted by molar-refractivity contribution is 0.0601. The highest BCUT2D eigenvalue weighted by Crippen LogP contribution is 2.18. The molecule has 0 atom stereocenters. The molecule has 5 nitrogen and oxygen atoms in total. The number of carbonyl (C=O) groups is 1. The second-order valence-corrected chi connectivity index (χ2v) is 5.01. The van der Waals surface area contributed by atoms with E-state index in [1.54, 1.807) is 18.2 Å². The number of nitrogens with one attached hydrogen (secondary N) is 1. The molecule has 22 heavy (non-hydrogen) atoms. The van der Waals surface area contributed by atoms with Crippen LogP contribution in [0.15, 0.2) is 47.3 Å². The van der Waals surface area contributed by atoms with Crippen LogP contribution in [0.25, 0.3) is 22.3 Å². The Bertz CT molecular complexity index is 929. The van der Waals surface area contributed by atoms with Gasteiger partial charge in [0.2, 0.25) is 0 Å². The number of esters is 1. The lowest BCUT2D eigenvalue weighted by Gasteiger charge is -2.05. The Balaban J connectivity index is 2.21. The zero-order valence-electron chi connectivity index (χ0n) is 12.2. The van der Waals surface area contributed by atoms with Gasteiger partial charge in [0, 0.05) is 5.56 Å². The van der Waals surface area contributed by atoms with Gasteiger partial charge in [-0.15, -0.1) is 0 Å². The maximum Gasteiger partial charge on any atom is 0.337 e. The lowest BCUT2D eigenvalue weighted by atomic mass is 10.1. The largest absolute Gasteiger partial charge is 0.465 e. The van der Waals surface area contributed by atoms with Crippen molar-refractivity contribution in [1.82, 2.24) is 9.97 Å². The molecule has 0 bridgehead atoms. The number of hydrogen-bond acceptors (Lipinski definition) is 4. The van der Waals surface area contributed by atoms with Gasteiger partial charge >= 0.3 is 5.97 Å². The summed E-state index contributed by atoms with van der Waals surface area (Å²) in [5, 5.41) is 0.434. The van der Waals surface area contributed by atoms with E-state index < -0.39 is 5.97 Å². The topological polar surface area (TPSA) is 72.1 Å². The number of fused-ring (bicyclic) bond motifs is 1. The van der Waals surface area contributed by atoms with Gasteiger partial charge in [0.1, 0.15) is 5.82 Å². The van der Waals surface area contributed by atoms with E-state index in [-0.39, 0.29) is 5.56 Å². The van der Waals surface area contributed by atoms with E-state index in [9.17, 15) is 9.59 Å². The van der Waals surface area contributed by atoms with Crippen molar-refractivity contribution in [2.24, 2.45) is 0 Å². The summed E-state index contributed by atoms with van der Waals surface area (Å²) in [5.41, 5.74) is 2.48. The summed E-state index contributed by atoms with van der Waals surface area (Å²) in [6, 6.07) is 12.4. The third kappa shape index (κ3) is 2.48. The Kier molecular flexibility index (Phi) is 3.47. The first-order valence-electron chi connectivity index (χ1n) is 6.78. The molecular formula is C17H14N2O3. The van der Waals surface area contributed by atoms with E-state index in [1.807, 2.05) is 31.2 Å². The minimum Gasteiger partial charge on any atom is -0.465 e. The van der Waals surface area contributed by atoms with Crippen LogP contribution in [0.3, 0.4) is 0 Å². The zero-order chi connectivity index (χ0) is 15.7. The summed E-state index contributed by atoms with van der Waals surface area (Å²) in [5.74, 6) is 0.0179. The fraction of sp³-hybridized carbons (Fsp3) is 0.118. The molecule has 0 spiro atoms. The molecule has 0 saturated heterocycles. The molecule has 0 fully saturated rings. The number of rotatable bonds is 2. The summed E-state index contributed by atoms with van der Waals surface area (Å²) >= 11 is 0. The van der Waals surface area contributed by atoms with Crippen LogP contribution in [0.5, 0.6) is 0 Å². The Morgan fingerprint density at radius 1 is 1.18 bits per heavy atom. The van der Waals surface area contributed by atoms with Gasteiger partial charge in [-0.05, 0) is 31.2 Å². The number of aryl methyl sites for hydroxylation is 1. The van der Waals surface area contributed by atoms with Gasteiger partial charge in [0.25, 0.3) is 5.56 Å². The van der Waals surface area contributed by atoms with Gasteiger partial charge in [0.15, 0.2) is 0 Å². The average molecular weight is 294 g/mol. The standard InChI is InChI=1S/C17H14N2O3/c1-10-4-3-5-11(8-10)15-18-14-9-12(17(21)22-2)6-7-13(14)16(20)19-15/h3-9H,1-2H3,(H,18,19,20). The van der Waals surface area contributed by atoms with Crippen molar-refractivity contribution >= 4 is 16.9 Å². The quantitative estimate of drug-likeness (QED) is 0.738. The number of ether oxygens (including phenoxy) is 1. The molecule has 0 aliphatic rings. The summed E-state index contributed by atoms with van der Waals surface area (Å²) in [4.78, 5) is 31.0. The smallest absolute Gasteiger partial charge is 0.337 e. The SMILES string of the molecule is COC(=O)c1ccc2c(=O)[nH]c(-c3cccc(C)c3)nc2c1. The maximum atomic E-state index is 12.2. The van der Waals surface area contributed by atoms with Gasteiger partial charge in [-0.1, -0.05) is 23.8 Å². The van der Waals surface area contributed by atoms with E-state index in [0.717, 1.165) is 11.1 Å².